The fourth-order valence-electron chi connectivity index (χ4n) is 6.36. The second-order valence-electron chi connectivity index (χ2n) is 11.8. The lowest BCUT2D eigenvalue weighted by Crippen LogP contribution is -2.59. The van der Waals surface area contributed by atoms with Gasteiger partial charge in [-0.25, -0.2) is 0 Å². The topological polar surface area (TPSA) is 56.2 Å². The van der Waals surface area contributed by atoms with E-state index >= 15 is 0 Å². The van der Waals surface area contributed by atoms with Crippen LogP contribution in [0.3, 0.4) is 0 Å². The van der Waals surface area contributed by atoms with Crippen molar-refractivity contribution in [1.29, 1.82) is 0 Å². The summed E-state index contributed by atoms with van der Waals surface area (Å²) in [5, 5.41) is 11.2. The normalized spacial score (nSPS) is 20.9. The van der Waals surface area contributed by atoms with E-state index in [0.29, 0.717) is 29.7 Å². The Balaban J connectivity index is 1.27. The number of anilines is 1. The Morgan fingerprint density at radius 3 is 2.23 bits per heavy atom. The third kappa shape index (κ3) is 7.67. The number of methoxy groups -OCH3 is 1. The first-order valence-corrected chi connectivity index (χ1v) is 15.4. The number of ether oxygens (including phenoxy) is 1. The lowest BCUT2D eigenvalue weighted by atomic mass is 9.78. The van der Waals surface area contributed by atoms with Crippen LogP contribution < -0.4 is 4.90 Å². The smallest absolute Gasteiger partial charge is 0.378 e. The number of carbonyl (C=O) groups excluding carboxylic acids is 1. The molecule has 236 valence electrons. The number of carbonyl (C=O) groups is 1. The maximum absolute atomic E-state index is 13.9. The summed E-state index contributed by atoms with van der Waals surface area (Å²) < 4.78 is 47.0. The fraction of sp³-hybridized carbons (Fsp3) is 0.545. The van der Waals surface area contributed by atoms with E-state index in [1.165, 1.54) is 11.0 Å². The molecule has 0 aliphatic carbocycles. The van der Waals surface area contributed by atoms with E-state index in [-0.39, 0.29) is 25.6 Å². The minimum absolute atomic E-state index is 0.0752. The molecule has 0 radical (unpaired) electrons. The molecule has 0 bridgehead atoms. The first-order valence-electron chi connectivity index (χ1n) is 15.0. The maximum Gasteiger partial charge on any atom is 0.426 e. The zero-order valence-corrected chi connectivity index (χ0v) is 25.6. The first kappa shape index (κ1) is 33.1. The van der Waals surface area contributed by atoms with Gasteiger partial charge in [0, 0.05) is 63.3 Å². The Morgan fingerprint density at radius 2 is 1.67 bits per heavy atom. The average Bonchev–Trinajstić information content (AvgIpc) is 2.97. The highest BCUT2D eigenvalue weighted by atomic mass is 35.5. The van der Waals surface area contributed by atoms with Gasteiger partial charge >= 0.3 is 6.18 Å². The number of rotatable bonds is 11. The highest BCUT2D eigenvalue weighted by molar-refractivity contribution is 6.32. The molecule has 3 heterocycles. The summed E-state index contributed by atoms with van der Waals surface area (Å²) in [5.41, 5.74) is -0.499. The largest absolute Gasteiger partial charge is 0.426 e. The number of aliphatic hydroxyl groups is 1. The Labute approximate surface area is 258 Å². The van der Waals surface area contributed by atoms with Crippen LogP contribution in [0.1, 0.15) is 44.1 Å². The average molecular weight is 622 g/mol. The first-order chi connectivity index (χ1) is 20.5. The second kappa shape index (κ2) is 14.4. The van der Waals surface area contributed by atoms with E-state index in [9.17, 15) is 23.1 Å². The number of alkyl halides is 3. The Hall–Kier alpha value is -2.75. The Bertz CT molecular complexity index is 1200. The number of allylic oxidation sites excluding steroid dienone is 5. The van der Waals surface area contributed by atoms with Crippen LogP contribution in [0.2, 0.25) is 5.02 Å². The van der Waals surface area contributed by atoms with Crippen LogP contribution in [0.15, 0.2) is 61.7 Å². The van der Waals surface area contributed by atoms with Crippen LogP contribution in [0.25, 0.3) is 5.70 Å². The maximum atomic E-state index is 13.9. The van der Waals surface area contributed by atoms with Gasteiger partial charge in [0.25, 0.3) is 5.91 Å². The van der Waals surface area contributed by atoms with E-state index < -0.39 is 24.1 Å². The monoisotopic (exact) mass is 621 g/mol. The summed E-state index contributed by atoms with van der Waals surface area (Å²) in [7, 11) is 1.71. The summed E-state index contributed by atoms with van der Waals surface area (Å²) in [6.07, 6.45) is 5.52. The number of piperidine rings is 2. The molecule has 0 saturated carbocycles. The molecule has 1 aromatic carbocycles. The molecule has 1 amide bonds. The standard InChI is InChI=1S/C33H43ClF3N3O3/c1-4-5-6-7-8-9-16-32(42,33(35,36)37)31(41)39-19-14-26(15-20-39)25-12-17-38(18-13-25)27-10-11-29(30(34)21-27)24(2)40-22-28(23-40)43-3/h4-8,10-11,21,25-26,28,42H,1-2,9,12-20,22-23H2,3H3/b6-5-,8-7-. The van der Waals surface area contributed by atoms with Crippen molar-refractivity contribution in [2.45, 2.75) is 56.4 Å². The van der Waals surface area contributed by atoms with Crippen LogP contribution >= 0.6 is 11.6 Å². The van der Waals surface area contributed by atoms with Crippen molar-refractivity contribution in [3.05, 3.63) is 72.3 Å². The van der Waals surface area contributed by atoms with Gasteiger partial charge in [-0.1, -0.05) is 55.1 Å². The minimum atomic E-state index is -5.05. The molecule has 1 aromatic rings. The van der Waals surface area contributed by atoms with Crippen molar-refractivity contribution in [2.75, 3.05) is 51.3 Å². The van der Waals surface area contributed by atoms with E-state index in [1.54, 1.807) is 31.4 Å². The van der Waals surface area contributed by atoms with Crippen LogP contribution in [0.5, 0.6) is 0 Å². The van der Waals surface area contributed by atoms with Gasteiger partial charge in [-0.2, -0.15) is 13.2 Å². The molecule has 10 heteroatoms. The summed E-state index contributed by atoms with van der Waals surface area (Å²) in [4.78, 5) is 18.7. The summed E-state index contributed by atoms with van der Waals surface area (Å²) >= 11 is 6.67. The van der Waals surface area contributed by atoms with Gasteiger partial charge in [-0.05, 0) is 68.6 Å². The molecule has 3 aliphatic rings. The third-order valence-corrected chi connectivity index (χ3v) is 9.53. The molecule has 1 atom stereocenters. The zero-order valence-electron chi connectivity index (χ0n) is 24.9. The number of hydrogen-bond donors (Lipinski definition) is 1. The molecule has 4 rings (SSSR count). The third-order valence-electron chi connectivity index (χ3n) is 9.21. The van der Waals surface area contributed by atoms with Gasteiger partial charge in [-0.3, -0.25) is 4.79 Å². The number of halogens is 4. The highest BCUT2D eigenvalue weighted by Crippen LogP contribution is 2.39. The molecule has 1 N–H and O–H groups in total. The highest BCUT2D eigenvalue weighted by Gasteiger charge is 2.60. The van der Waals surface area contributed by atoms with Gasteiger partial charge < -0.3 is 24.5 Å². The van der Waals surface area contributed by atoms with Crippen LogP contribution in [0.4, 0.5) is 18.9 Å². The molecule has 43 heavy (non-hydrogen) atoms. The van der Waals surface area contributed by atoms with Crippen molar-refractivity contribution in [2.24, 2.45) is 11.8 Å². The molecule has 6 nitrogen and oxygen atoms in total. The van der Waals surface area contributed by atoms with Gasteiger partial charge in [-0.15, -0.1) is 0 Å². The minimum Gasteiger partial charge on any atom is -0.378 e. The van der Waals surface area contributed by atoms with Gasteiger partial charge in [0.2, 0.25) is 5.60 Å². The molecule has 1 unspecified atom stereocenters. The quantitative estimate of drug-likeness (QED) is 0.287. The van der Waals surface area contributed by atoms with Crippen LogP contribution in [0, 0.1) is 11.8 Å². The number of likely N-dealkylation sites (tertiary alicyclic amines) is 2. The molecule has 3 fully saturated rings. The second-order valence-corrected chi connectivity index (χ2v) is 12.2. The van der Waals surface area contributed by atoms with Gasteiger partial charge in [0.15, 0.2) is 0 Å². The molecular formula is C33H43ClF3N3O3. The van der Waals surface area contributed by atoms with Gasteiger partial charge in [0.05, 0.1) is 11.1 Å². The van der Waals surface area contributed by atoms with E-state index in [1.807, 2.05) is 12.1 Å². The Kier molecular flexibility index (Phi) is 11.1. The summed E-state index contributed by atoms with van der Waals surface area (Å²) in [6.45, 7) is 11.5. The van der Waals surface area contributed by atoms with Gasteiger partial charge in [0.1, 0.15) is 0 Å². The molecule has 3 saturated heterocycles. The van der Waals surface area contributed by atoms with Crippen molar-refractivity contribution in [1.82, 2.24) is 9.80 Å². The van der Waals surface area contributed by atoms with Crippen molar-refractivity contribution < 1.29 is 27.8 Å². The van der Waals surface area contributed by atoms with E-state index in [4.69, 9.17) is 16.3 Å². The number of hydrogen-bond acceptors (Lipinski definition) is 5. The summed E-state index contributed by atoms with van der Waals surface area (Å²) in [6, 6.07) is 6.10. The predicted molar refractivity (Wildman–Crippen MR) is 166 cm³/mol. The van der Waals surface area contributed by atoms with Crippen molar-refractivity contribution >= 4 is 28.9 Å². The van der Waals surface area contributed by atoms with Crippen molar-refractivity contribution in [3.8, 4) is 0 Å². The molecular weight excluding hydrogens is 579 g/mol. The number of amides is 1. The molecule has 3 aliphatic heterocycles. The number of benzene rings is 1. The number of nitrogens with zero attached hydrogens (tertiary/aromatic N) is 3. The van der Waals surface area contributed by atoms with E-state index in [0.717, 1.165) is 56.0 Å². The molecule has 0 spiro atoms. The predicted octanol–water partition coefficient (Wildman–Crippen LogP) is 6.47. The van der Waals surface area contributed by atoms with Crippen molar-refractivity contribution in [3.63, 3.8) is 0 Å². The fourth-order valence-corrected chi connectivity index (χ4v) is 6.64. The lowest BCUT2D eigenvalue weighted by Gasteiger charge is -2.43. The SMILES string of the molecule is C=C/C=C\C=C/CCC(O)(C(=O)N1CCC(C2CCN(c3ccc(C(=C)N4CC(OC)C4)c(Cl)c3)CC2)CC1)C(F)(F)F. The Morgan fingerprint density at radius 1 is 1.05 bits per heavy atom. The lowest BCUT2D eigenvalue weighted by molar-refractivity contribution is -0.258. The molecule has 0 aromatic heterocycles. The summed E-state index contributed by atoms with van der Waals surface area (Å²) in [5.74, 6) is -0.455. The van der Waals surface area contributed by atoms with Crippen LogP contribution in [-0.2, 0) is 9.53 Å². The zero-order chi connectivity index (χ0) is 31.2. The van der Waals surface area contributed by atoms with E-state index in [2.05, 4.69) is 29.0 Å². The van der Waals surface area contributed by atoms with Crippen LogP contribution in [-0.4, -0.2) is 85.1 Å².